The van der Waals surface area contributed by atoms with Crippen LogP contribution in [0.1, 0.15) is 11.1 Å². The SMILES string of the molecule is CN1c2ccccc2C=CC12c1ccccc1NC(=O)N2c1cccc(F)c1. The molecule has 1 N–H and O–H groups in total. The van der Waals surface area contributed by atoms with Crippen LogP contribution in [0, 0.1) is 5.82 Å². The molecule has 0 saturated heterocycles. The Hall–Kier alpha value is -3.60. The highest BCUT2D eigenvalue weighted by molar-refractivity contribution is 6.08. The number of nitrogens with zero attached hydrogens (tertiary/aromatic N) is 2. The zero-order chi connectivity index (χ0) is 19.3. The van der Waals surface area contributed by atoms with Crippen molar-refractivity contribution in [2.75, 3.05) is 22.2 Å². The van der Waals surface area contributed by atoms with Gasteiger partial charge in [-0.25, -0.2) is 9.18 Å². The molecule has 4 nitrogen and oxygen atoms in total. The molecule has 2 amide bonds. The second-order valence-electron chi connectivity index (χ2n) is 6.97. The third-order valence-corrected chi connectivity index (χ3v) is 5.48. The summed E-state index contributed by atoms with van der Waals surface area (Å²) in [5.41, 5.74) is 3.31. The van der Waals surface area contributed by atoms with Gasteiger partial charge in [0.15, 0.2) is 5.66 Å². The number of para-hydroxylation sites is 2. The van der Waals surface area contributed by atoms with Crippen molar-refractivity contribution >= 4 is 29.2 Å². The van der Waals surface area contributed by atoms with E-state index in [1.54, 1.807) is 17.0 Å². The molecule has 5 rings (SSSR count). The number of hydrogen-bond donors (Lipinski definition) is 1. The summed E-state index contributed by atoms with van der Waals surface area (Å²) in [7, 11) is 1.96. The van der Waals surface area contributed by atoms with Crippen LogP contribution in [0.15, 0.2) is 78.9 Å². The quantitative estimate of drug-likeness (QED) is 0.639. The van der Waals surface area contributed by atoms with Gasteiger partial charge in [0.05, 0.1) is 11.4 Å². The summed E-state index contributed by atoms with van der Waals surface area (Å²) in [5.74, 6) is -0.387. The number of anilines is 3. The molecule has 28 heavy (non-hydrogen) atoms. The van der Waals surface area contributed by atoms with E-state index in [0.717, 1.165) is 22.5 Å². The molecule has 2 aliphatic heterocycles. The van der Waals surface area contributed by atoms with Gasteiger partial charge in [-0.15, -0.1) is 0 Å². The molecule has 0 aromatic heterocycles. The van der Waals surface area contributed by atoms with Crippen LogP contribution in [-0.2, 0) is 5.66 Å². The first kappa shape index (κ1) is 16.6. The Balaban J connectivity index is 1.82. The highest BCUT2D eigenvalue weighted by Crippen LogP contribution is 2.48. The van der Waals surface area contributed by atoms with Crippen molar-refractivity contribution in [3.8, 4) is 0 Å². The van der Waals surface area contributed by atoms with Gasteiger partial charge < -0.3 is 10.2 Å². The molecule has 0 radical (unpaired) electrons. The van der Waals surface area contributed by atoms with Crippen LogP contribution in [-0.4, -0.2) is 13.1 Å². The minimum absolute atomic E-state index is 0.305. The number of hydrogen-bond acceptors (Lipinski definition) is 2. The lowest BCUT2D eigenvalue weighted by Crippen LogP contribution is -2.63. The number of benzene rings is 3. The predicted molar refractivity (Wildman–Crippen MR) is 110 cm³/mol. The van der Waals surface area contributed by atoms with E-state index in [0.29, 0.717) is 5.69 Å². The minimum atomic E-state index is -0.916. The van der Waals surface area contributed by atoms with Gasteiger partial charge in [-0.1, -0.05) is 48.5 Å². The van der Waals surface area contributed by atoms with E-state index < -0.39 is 5.66 Å². The zero-order valence-electron chi connectivity index (χ0n) is 15.3. The molecule has 5 heteroatoms. The number of fused-ring (bicyclic) bond motifs is 3. The molecule has 2 heterocycles. The Morgan fingerprint density at radius 2 is 1.75 bits per heavy atom. The number of carbonyl (C=O) groups is 1. The maximum atomic E-state index is 14.0. The number of likely N-dealkylation sites (N-methyl/N-ethyl adjacent to an activating group) is 1. The van der Waals surface area contributed by atoms with Gasteiger partial charge in [0.25, 0.3) is 0 Å². The van der Waals surface area contributed by atoms with Crippen molar-refractivity contribution in [3.63, 3.8) is 0 Å². The molecule has 3 aromatic rings. The van der Waals surface area contributed by atoms with Gasteiger partial charge >= 0.3 is 6.03 Å². The van der Waals surface area contributed by atoms with E-state index in [2.05, 4.69) is 10.2 Å². The first-order chi connectivity index (χ1) is 13.6. The number of amides is 2. The maximum absolute atomic E-state index is 14.0. The van der Waals surface area contributed by atoms with Crippen LogP contribution >= 0.6 is 0 Å². The van der Waals surface area contributed by atoms with Gasteiger partial charge in [-0.2, -0.15) is 0 Å². The van der Waals surface area contributed by atoms with E-state index in [4.69, 9.17) is 0 Å². The average Bonchev–Trinajstić information content (AvgIpc) is 2.71. The number of nitrogens with one attached hydrogen (secondary N) is 1. The van der Waals surface area contributed by atoms with E-state index in [1.807, 2.05) is 67.7 Å². The first-order valence-electron chi connectivity index (χ1n) is 9.10. The van der Waals surface area contributed by atoms with Gasteiger partial charge in [0.2, 0.25) is 0 Å². The molecule has 3 aromatic carbocycles. The Labute approximate surface area is 162 Å². The normalized spacial score (nSPS) is 20.0. The topological polar surface area (TPSA) is 35.6 Å². The fraction of sp³-hybridized carbons (Fsp3) is 0.0870. The van der Waals surface area contributed by atoms with Crippen LogP contribution in [0.25, 0.3) is 6.08 Å². The largest absolute Gasteiger partial charge is 0.344 e. The van der Waals surface area contributed by atoms with Crippen molar-refractivity contribution in [2.45, 2.75) is 5.66 Å². The van der Waals surface area contributed by atoms with Crippen molar-refractivity contribution in [2.24, 2.45) is 0 Å². The number of halogens is 1. The Kier molecular flexibility index (Phi) is 3.52. The standard InChI is InChI=1S/C23H18FN3O/c1-26-21-12-5-2-7-16(21)13-14-23(26)19-10-3-4-11-20(19)25-22(28)27(23)18-9-6-8-17(24)15-18/h2-15H,1H3,(H,25,28). The third-order valence-electron chi connectivity index (χ3n) is 5.48. The molecule has 138 valence electrons. The highest BCUT2D eigenvalue weighted by Gasteiger charge is 2.50. The molecule has 0 fully saturated rings. The number of rotatable bonds is 1. The van der Waals surface area contributed by atoms with Crippen LogP contribution in [0.4, 0.5) is 26.2 Å². The number of carbonyl (C=O) groups excluding carboxylic acids is 1. The molecular weight excluding hydrogens is 353 g/mol. The van der Waals surface area contributed by atoms with Crippen LogP contribution < -0.4 is 15.1 Å². The van der Waals surface area contributed by atoms with Crippen molar-refractivity contribution < 1.29 is 9.18 Å². The molecule has 0 bridgehead atoms. The molecule has 0 saturated carbocycles. The summed E-state index contributed by atoms with van der Waals surface area (Å²) in [6, 6.07) is 21.6. The molecule has 1 atom stereocenters. The van der Waals surface area contributed by atoms with Gasteiger partial charge in [-0.3, -0.25) is 4.90 Å². The summed E-state index contributed by atoms with van der Waals surface area (Å²) in [6.45, 7) is 0. The maximum Gasteiger partial charge on any atom is 0.328 e. The molecule has 0 aliphatic carbocycles. The second kappa shape index (κ2) is 5.96. The van der Waals surface area contributed by atoms with Crippen molar-refractivity contribution in [3.05, 3.63) is 95.8 Å². The lowest BCUT2D eigenvalue weighted by atomic mass is 9.87. The third kappa shape index (κ3) is 2.19. The minimum Gasteiger partial charge on any atom is -0.344 e. The molecular formula is C23H18FN3O. The summed E-state index contributed by atoms with van der Waals surface area (Å²) in [6.07, 6.45) is 4.04. The lowest BCUT2D eigenvalue weighted by Gasteiger charge is -2.53. The fourth-order valence-corrected chi connectivity index (χ4v) is 4.22. The Bertz CT molecular complexity index is 1130. The first-order valence-corrected chi connectivity index (χ1v) is 9.10. The Morgan fingerprint density at radius 3 is 2.61 bits per heavy atom. The zero-order valence-corrected chi connectivity index (χ0v) is 15.3. The summed E-state index contributed by atoms with van der Waals surface area (Å²) >= 11 is 0. The van der Waals surface area contributed by atoms with Gasteiger partial charge in [0.1, 0.15) is 5.82 Å². The van der Waals surface area contributed by atoms with Crippen molar-refractivity contribution in [1.82, 2.24) is 0 Å². The average molecular weight is 371 g/mol. The Morgan fingerprint density at radius 1 is 0.964 bits per heavy atom. The van der Waals surface area contributed by atoms with E-state index in [9.17, 15) is 9.18 Å². The molecule has 2 aliphatic rings. The van der Waals surface area contributed by atoms with E-state index in [-0.39, 0.29) is 11.8 Å². The predicted octanol–water partition coefficient (Wildman–Crippen LogP) is 5.19. The lowest BCUT2D eigenvalue weighted by molar-refractivity contribution is 0.250. The summed E-state index contributed by atoms with van der Waals surface area (Å²) < 4.78 is 14.0. The molecule has 1 spiro atoms. The van der Waals surface area contributed by atoms with Gasteiger partial charge in [-0.05, 0) is 42.0 Å². The van der Waals surface area contributed by atoms with Crippen LogP contribution in [0.2, 0.25) is 0 Å². The highest BCUT2D eigenvalue weighted by atomic mass is 19.1. The fourth-order valence-electron chi connectivity index (χ4n) is 4.22. The smallest absolute Gasteiger partial charge is 0.328 e. The van der Waals surface area contributed by atoms with Crippen molar-refractivity contribution in [1.29, 1.82) is 0 Å². The van der Waals surface area contributed by atoms with E-state index in [1.165, 1.54) is 12.1 Å². The van der Waals surface area contributed by atoms with Crippen LogP contribution in [0.3, 0.4) is 0 Å². The summed E-state index contributed by atoms with van der Waals surface area (Å²) in [4.78, 5) is 16.9. The van der Waals surface area contributed by atoms with Gasteiger partial charge in [0, 0.05) is 18.3 Å². The second-order valence-corrected chi connectivity index (χ2v) is 6.97. The monoisotopic (exact) mass is 371 g/mol. The molecule has 1 unspecified atom stereocenters. The number of urea groups is 1. The summed E-state index contributed by atoms with van der Waals surface area (Å²) in [5, 5.41) is 2.95. The van der Waals surface area contributed by atoms with Crippen LogP contribution in [0.5, 0.6) is 0 Å². The van der Waals surface area contributed by atoms with E-state index >= 15 is 0 Å².